The number of carbonyl (C=O) groups excluding carboxylic acids is 1. The molecule has 0 unspecified atom stereocenters. The summed E-state index contributed by atoms with van der Waals surface area (Å²) in [5, 5.41) is 9.63. The van der Waals surface area contributed by atoms with Gasteiger partial charge < -0.3 is 4.57 Å². The fraction of sp³-hybridized carbons (Fsp3) is 0.240. The summed E-state index contributed by atoms with van der Waals surface area (Å²) >= 11 is 4.90. The van der Waals surface area contributed by atoms with E-state index in [1.54, 1.807) is 0 Å². The van der Waals surface area contributed by atoms with Crippen LogP contribution in [0.3, 0.4) is 0 Å². The molecular formula is C25H25BrN4OS. The quantitative estimate of drug-likeness (QED) is 0.226. The minimum atomic E-state index is 0.0592. The Morgan fingerprint density at radius 2 is 1.69 bits per heavy atom. The van der Waals surface area contributed by atoms with Crippen LogP contribution < -0.4 is 0 Å². The van der Waals surface area contributed by atoms with E-state index in [1.807, 2.05) is 58.8 Å². The summed E-state index contributed by atoms with van der Waals surface area (Å²) in [6.45, 7) is 6.60. The molecule has 0 fully saturated rings. The molecule has 0 atom stereocenters. The van der Waals surface area contributed by atoms with Crippen LogP contribution in [0.4, 0.5) is 0 Å². The van der Waals surface area contributed by atoms with Gasteiger partial charge in [-0.1, -0.05) is 72.7 Å². The standard InChI is InChI=1S/C25H25BrN4OS/c1-25(2,3)18-9-7-17(8-10-18)23-27-28-24(30(23)20-13-11-19(26)12-14-20)32-16-22(31)21-6-5-15-29(21)4/h5-15H,16H2,1-4H3. The Balaban J connectivity index is 1.70. The topological polar surface area (TPSA) is 52.7 Å². The van der Waals surface area contributed by atoms with Crippen molar-refractivity contribution in [2.24, 2.45) is 7.05 Å². The molecule has 7 heteroatoms. The lowest BCUT2D eigenvalue weighted by molar-refractivity contribution is 0.101. The number of benzene rings is 2. The number of hydrogen-bond acceptors (Lipinski definition) is 4. The molecule has 4 rings (SSSR count). The van der Waals surface area contributed by atoms with Crippen LogP contribution in [-0.4, -0.2) is 30.9 Å². The molecule has 164 valence electrons. The Morgan fingerprint density at radius 1 is 1.00 bits per heavy atom. The van der Waals surface area contributed by atoms with Crippen molar-refractivity contribution in [3.8, 4) is 17.1 Å². The average molecular weight is 509 g/mol. The van der Waals surface area contributed by atoms with E-state index in [0.717, 1.165) is 21.5 Å². The zero-order chi connectivity index (χ0) is 22.9. The van der Waals surface area contributed by atoms with Crippen LogP contribution in [0.5, 0.6) is 0 Å². The van der Waals surface area contributed by atoms with Gasteiger partial charge in [0.15, 0.2) is 16.8 Å². The van der Waals surface area contributed by atoms with Crippen LogP contribution >= 0.6 is 27.7 Å². The van der Waals surface area contributed by atoms with Gasteiger partial charge in [-0.25, -0.2) is 0 Å². The summed E-state index contributed by atoms with van der Waals surface area (Å²) in [6.07, 6.45) is 1.88. The predicted molar refractivity (Wildman–Crippen MR) is 134 cm³/mol. The molecule has 2 aromatic heterocycles. The fourth-order valence-electron chi connectivity index (χ4n) is 3.45. The molecule has 4 aromatic rings. The van der Waals surface area contributed by atoms with Crippen molar-refractivity contribution in [3.05, 3.63) is 82.6 Å². The number of ketones is 1. The number of rotatable bonds is 6. The molecule has 0 aliphatic heterocycles. The zero-order valence-electron chi connectivity index (χ0n) is 18.5. The molecule has 0 aliphatic rings. The van der Waals surface area contributed by atoms with Gasteiger partial charge in [0.05, 0.1) is 11.4 Å². The van der Waals surface area contributed by atoms with Crippen LogP contribution in [0.25, 0.3) is 17.1 Å². The van der Waals surface area contributed by atoms with Crippen LogP contribution in [0.2, 0.25) is 0 Å². The summed E-state index contributed by atoms with van der Waals surface area (Å²) < 4.78 is 4.85. The highest BCUT2D eigenvalue weighted by molar-refractivity contribution is 9.10. The van der Waals surface area contributed by atoms with Crippen molar-refractivity contribution in [1.82, 2.24) is 19.3 Å². The molecule has 0 radical (unpaired) electrons. The molecule has 0 saturated heterocycles. The second-order valence-corrected chi connectivity index (χ2v) is 10.5. The van der Waals surface area contributed by atoms with Crippen molar-refractivity contribution in [1.29, 1.82) is 0 Å². The third-order valence-corrected chi connectivity index (χ3v) is 6.75. The van der Waals surface area contributed by atoms with E-state index < -0.39 is 0 Å². The molecule has 0 aliphatic carbocycles. The third kappa shape index (κ3) is 4.74. The van der Waals surface area contributed by atoms with Crippen LogP contribution in [-0.2, 0) is 12.5 Å². The first-order valence-electron chi connectivity index (χ1n) is 10.3. The summed E-state index contributed by atoms with van der Waals surface area (Å²) in [6, 6.07) is 20.2. The smallest absolute Gasteiger partial charge is 0.196 e. The Bertz CT molecular complexity index is 1230. The molecular weight excluding hydrogens is 484 g/mol. The van der Waals surface area contributed by atoms with E-state index in [0.29, 0.717) is 10.9 Å². The number of Topliss-reactive ketones (excluding diaryl/α,β-unsaturated/α-hetero) is 1. The van der Waals surface area contributed by atoms with Crippen molar-refractivity contribution in [2.75, 3.05) is 5.75 Å². The summed E-state index contributed by atoms with van der Waals surface area (Å²) in [7, 11) is 1.88. The Kier molecular flexibility index (Phi) is 6.40. The number of aryl methyl sites for hydroxylation is 1. The highest BCUT2D eigenvalue weighted by Crippen LogP contribution is 2.31. The first-order valence-corrected chi connectivity index (χ1v) is 12.1. The molecule has 0 N–H and O–H groups in total. The number of nitrogens with zero attached hydrogens (tertiary/aromatic N) is 4. The zero-order valence-corrected chi connectivity index (χ0v) is 20.9. The summed E-state index contributed by atoms with van der Waals surface area (Å²) in [4.78, 5) is 12.7. The molecule has 2 heterocycles. The Hall–Kier alpha value is -2.64. The molecule has 0 saturated carbocycles. The highest BCUT2D eigenvalue weighted by Gasteiger charge is 2.20. The number of thioether (sulfide) groups is 1. The van der Waals surface area contributed by atoms with Gasteiger partial charge in [0.2, 0.25) is 0 Å². The maximum absolute atomic E-state index is 12.7. The number of hydrogen-bond donors (Lipinski definition) is 0. The lowest BCUT2D eigenvalue weighted by Crippen LogP contribution is -2.10. The second kappa shape index (κ2) is 9.08. The Morgan fingerprint density at radius 3 is 2.28 bits per heavy atom. The van der Waals surface area contributed by atoms with Crippen LogP contribution in [0.15, 0.2) is 76.5 Å². The molecule has 5 nitrogen and oxygen atoms in total. The van der Waals surface area contributed by atoms with Gasteiger partial charge in [0.25, 0.3) is 0 Å². The van der Waals surface area contributed by atoms with Gasteiger partial charge in [-0.05, 0) is 47.4 Å². The van der Waals surface area contributed by atoms with Crippen LogP contribution in [0.1, 0.15) is 36.8 Å². The van der Waals surface area contributed by atoms with E-state index in [2.05, 4.69) is 71.2 Å². The van der Waals surface area contributed by atoms with Gasteiger partial charge in [-0.3, -0.25) is 9.36 Å². The van der Waals surface area contributed by atoms with Crippen molar-refractivity contribution < 1.29 is 4.79 Å². The number of halogens is 1. The maximum Gasteiger partial charge on any atom is 0.196 e. The van der Waals surface area contributed by atoms with Crippen molar-refractivity contribution >= 4 is 33.5 Å². The fourth-order valence-corrected chi connectivity index (χ4v) is 4.54. The van der Waals surface area contributed by atoms with E-state index >= 15 is 0 Å². The second-order valence-electron chi connectivity index (χ2n) is 8.66. The van der Waals surface area contributed by atoms with Gasteiger partial charge >= 0.3 is 0 Å². The lowest BCUT2D eigenvalue weighted by atomic mass is 9.87. The van der Waals surface area contributed by atoms with Gasteiger partial charge in [-0.15, -0.1) is 10.2 Å². The van der Waals surface area contributed by atoms with Crippen molar-refractivity contribution in [3.63, 3.8) is 0 Å². The molecule has 32 heavy (non-hydrogen) atoms. The molecule has 0 spiro atoms. The van der Waals surface area contributed by atoms with E-state index in [4.69, 9.17) is 0 Å². The number of carbonyl (C=O) groups is 1. The lowest BCUT2D eigenvalue weighted by Gasteiger charge is -2.19. The maximum atomic E-state index is 12.7. The SMILES string of the molecule is Cn1cccc1C(=O)CSc1nnc(-c2ccc(C(C)(C)C)cc2)n1-c1ccc(Br)cc1. The van der Waals surface area contributed by atoms with Gasteiger partial charge in [0.1, 0.15) is 0 Å². The van der Waals surface area contributed by atoms with E-state index in [1.165, 1.54) is 17.3 Å². The van der Waals surface area contributed by atoms with Crippen LogP contribution in [0, 0.1) is 0 Å². The largest absolute Gasteiger partial charge is 0.348 e. The average Bonchev–Trinajstić information content (AvgIpc) is 3.38. The predicted octanol–water partition coefficient (Wildman–Crippen LogP) is 6.31. The molecule has 0 bridgehead atoms. The molecule has 0 amide bonds. The monoisotopic (exact) mass is 508 g/mol. The summed E-state index contributed by atoms with van der Waals surface area (Å²) in [5.41, 5.74) is 3.95. The van der Waals surface area contributed by atoms with Gasteiger partial charge in [0, 0.05) is 29.0 Å². The molecule has 2 aromatic carbocycles. The van der Waals surface area contributed by atoms with E-state index in [-0.39, 0.29) is 17.0 Å². The first kappa shape index (κ1) is 22.6. The third-order valence-electron chi connectivity index (χ3n) is 5.29. The minimum absolute atomic E-state index is 0.0592. The highest BCUT2D eigenvalue weighted by atomic mass is 79.9. The first-order chi connectivity index (χ1) is 15.2. The summed E-state index contributed by atoms with van der Waals surface area (Å²) in [5.74, 6) is 1.10. The van der Waals surface area contributed by atoms with Gasteiger partial charge in [-0.2, -0.15) is 0 Å². The Labute approximate surface area is 201 Å². The van der Waals surface area contributed by atoms with Crippen molar-refractivity contribution in [2.45, 2.75) is 31.3 Å². The van der Waals surface area contributed by atoms with E-state index in [9.17, 15) is 4.79 Å². The number of aromatic nitrogens is 4. The normalized spacial score (nSPS) is 11.7. The minimum Gasteiger partial charge on any atom is -0.348 e.